The van der Waals surface area contributed by atoms with E-state index in [1.54, 1.807) is 0 Å². The lowest BCUT2D eigenvalue weighted by Gasteiger charge is -2.30. The summed E-state index contributed by atoms with van der Waals surface area (Å²) < 4.78 is 83.7. The number of aliphatic hydroxyl groups is 1. The van der Waals surface area contributed by atoms with Gasteiger partial charge >= 0.3 is 18.3 Å². The molecule has 0 aliphatic carbocycles. The summed E-state index contributed by atoms with van der Waals surface area (Å²) in [5, 5.41) is 10.1. The van der Waals surface area contributed by atoms with E-state index in [2.05, 4.69) is 4.74 Å². The summed E-state index contributed by atoms with van der Waals surface area (Å²) in [6, 6.07) is 7.07. The fourth-order valence-electron chi connectivity index (χ4n) is 3.07. The molecule has 1 N–H and O–H groups in total. The third-order valence-corrected chi connectivity index (χ3v) is 4.70. The fourth-order valence-corrected chi connectivity index (χ4v) is 3.07. The standard InChI is InChI=1S/C20H19F6NO4/c1-12-8-15(13(2)27(12)11-19(21,22)23)16(28)10-31-17(29)9-18(30,20(24,25)26)14-6-4-3-5-7-14/h3-8,30H,9-11H2,1-2H3. The monoisotopic (exact) mass is 451 g/mol. The molecule has 1 aromatic carbocycles. The molecule has 2 aromatic rings. The Bertz CT molecular complexity index is 949. The molecule has 170 valence electrons. The SMILES string of the molecule is Cc1cc(C(=O)COC(=O)CC(O)(c2ccccc2)C(F)(F)F)c(C)n1CC(F)(F)F. The summed E-state index contributed by atoms with van der Waals surface area (Å²) in [5.74, 6) is -2.38. The van der Waals surface area contributed by atoms with E-state index in [9.17, 15) is 41.0 Å². The van der Waals surface area contributed by atoms with Gasteiger partial charge in [-0.15, -0.1) is 0 Å². The average Bonchev–Trinajstić information content (AvgIpc) is 2.93. The van der Waals surface area contributed by atoms with Crippen LogP contribution in [-0.4, -0.2) is 40.4 Å². The number of Topliss-reactive ketones (excluding diaryl/α,β-unsaturated/α-hetero) is 1. The van der Waals surface area contributed by atoms with Crippen molar-refractivity contribution in [2.45, 2.75) is 44.8 Å². The Balaban J connectivity index is 2.12. The first-order valence-electron chi connectivity index (χ1n) is 8.92. The van der Waals surface area contributed by atoms with E-state index in [1.165, 1.54) is 38.1 Å². The van der Waals surface area contributed by atoms with E-state index in [1.807, 2.05) is 0 Å². The van der Waals surface area contributed by atoms with Crippen LogP contribution >= 0.6 is 0 Å². The zero-order valence-corrected chi connectivity index (χ0v) is 16.5. The molecule has 0 bridgehead atoms. The Morgan fingerprint density at radius 1 is 1.03 bits per heavy atom. The number of halogens is 6. The van der Waals surface area contributed by atoms with Crippen LogP contribution in [0.15, 0.2) is 36.4 Å². The maximum atomic E-state index is 13.4. The smallest absolute Gasteiger partial charge is 0.422 e. The molecule has 11 heteroatoms. The Morgan fingerprint density at radius 2 is 1.61 bits per heavy atom. The number of nitrogens with zero attached hydrogens (tertiary/aromatic N) is 1. The average molecular weight is 451 g/mol. The Morgan fingerprint density at radius 3 is 2.13 bits per heavy atom. The molecule has 0 spiro atoms. The van der Waals surface area contributed by atoms with Crippen LogP contribution in [0.1, 0.15) is 33.7 Å². The van der Waals surface area contributed by atoms with E-state index in [4.69, 9.17) is 0 Å². The van der Waals surface area contributed by atoms with Gasteiger partial charge in [-0.1, -0.05) is 30.3 Å². The van der Waals surface area contributed by atoms with Gasteiger partial charge in [0.1, 0.15) is 6.54 Å². The summed E-state index contributed by atoms with van der Waals surface area (Å²) in [7, 11) is 0. The minimum atomic E-state index is -5.21. The number of aromatic nitrogens is 1. The summed E-state index contributed by atoms with van der Waals surface area (Å²) in [6.45, 7) is 0.307. The van der Waals surface area contributed by atoms with Crippen LogP contribution in [0.25, 0.3) is 0 Å². The van der Waals surface area contributed by atoms with Gasteiger partial charge in [0, 0.05) is 17.0 Å². The van der Waals surface area contributed by atoms with Crippen molar-refractivity contribution in [3.05, 3.63) is 58.9 Å². The molecule has 0 amide bonds. The number of hydrogen-bond acceptors (Lipinski definition) is 4. The zero-order valence-electron chi connectivity index (χ0n) is 16.5. The lowest BCUT2D eigenvalue weighted by Crippen LogP contribution is -2.44. The van der Waals surface area contributed by atoms with Crippen molar-refractivity contribution in [1.29, 1.82) is 0 Å². The van der Waals surface area contributed by atoms with Crippen LogP contribution in [0.2, 0.25) is 0 Å². The van der Waals surface area contributed by atoms with Gasteiger partial charge in [0.05, 0.1) is 6.42 Å². The molecular weight excluding hydrogens is 432 g/mol. The van der Waals surface area contributed by atoms with Crippen molar-refractivity contribution in [3.63, 3.8) is 0 Å². The Kier molecular flexibility index (Phi) is 6.89. The van der Waals surface area contributed by atoms with E-state index >= 15 is 0 Å². The van der Waals surface area contributed by atoms with Gasteiger partial charge < -0.3 is 14.4 Å². The Hall–Kier alpha value is -2.82. The van der Waals surface area contributed by atoms with Gasteiger partial charge in [-0.2, -0.15) is 26.3 Å². The van der Waals surface area contributed by atoms with Crippen LogP contribution in [0.3, 0.4) is 0 Å². The zero-order chi connectivity index (χ0) is 23.6. The van der Waals surface area contributed by atoms with Crippen LogP contribution < -0.4 is 0 Å². The number of benzene rings is 1. The number of esters is 1. The number of rotatable bonds is 7. The first kappa shape index (κ1) is 24.4. The van der Waals surface area contributed by atoms with Crippen molar-refractivity contribution in [2.75, 3.05) is 6.61 Å². The van der Waals surface area contributed by atoms with Crippen molar-refractivity contribution < 1.29 is 45.8 Å². The molecule has 0 radical (unpaired) electrons. The first-order chi connectivity index (χ1) is 14.2. The van der Waals surface area contributed by atoms with Gasteiger partial charge in [0.15, 0.2) is 12.2 Å². The third-order valence-electron chi connectivity index (χ3n) is 4.70. The molecule has 31 heavy (non-hydrogen) atoms. The molecule has 1 aromatic heterocycles. The summed E-state index contributed by atoms with van der Waals surface area (Å²) in [4.78, 5) is 24.2. The van der Waals surface area contributed by atoms with Crippen molar-refractivity contribution >= 4 is 11.8 Å². The molecule has 0 aliphatic rings. The maximum Gasteiger partial charge on any atom is 0.422 e. The van der Waals surface area contributed by atoms with Crippen LogP contribution in [0.4, 0.5) is 26.3 Å². The summed E-state index contributed by atoms with van der Waals surface area (Å²) in [6.07, 6.45) is -11.2. The Labute approximate surface area is 173 Å². The molecule has 0 saturated heterocycles. The number of carbonyl (C=O) groups is 2. The lowest BCUT2D eigenvalue weighted by molar-refractivity contribution is -0.269. The molecule has 0 aliphatic heterocycles. The molecule has 1 heterocycles. The van der Waals surface area contributed by atoms with Crippen LogP contribution in [0, 0.1) is 13.8 Å². The predicted molar refractivity (Wildman–Crippen MR) is 96.3 cm³/mol. The number of ketones is 1. The fraction of sp³-hybridized carbons (Fsp3) is 0.400. The highest BCUT2D eigenvalue weighted by molar-refractivity contribution is 5.99. The molecular formula is C20H19F6NO4. The van der Waals surface area contributed by atoms with Crippen molar-refractivity contribution in [2.24, 2.45) is 0 Å². The highest BCUT2D eigenvalue weighted by Crippen LogP contribution is 2.41. The minimum absolute atomic E-state index is 0.0213. The van der Waals surface area contributed by atoms with E-state index < -0.39 is 54.8 Å². The summed E-state index contributed by atoms with van der Waals surface area (Å²) >= 11 is 0. The number of carbonyl (C=O) groups excluding carboxylic acids is 2. The van der Waals surface area contributed by atoms with E-state index in [-0.39, 0.29) is 17.0 Å². The van der Waals surface area contributed by atoms with E-state index in [0.717, 1.165) is 16.7 Å². The van der Waals surface area contributed by atoms with Gasteiger partial charge in [0.2, 0.25) is 5.78 Å². The molecule has 1 atom stereocenters. The molecule has 5 nitrogen and oxygen atoms in total. The second-order valence-corrected chi connectivity index (χ2v) is 6.97. The third kappa shape index (κ3) is 5.66. The van der Waals surface area contributed by atoms with E-state index in [0.29, 0.717) is 0 Å². The molecule has 1 unspecified atom stereocenters. The summed E-state index contributed by atoms with van der Waals surface area (Å²) in [5.41, 5.74) is -4.14. The number of aryl methyl sites for hydroxylation is 1. The normalized spacial score (nSPS) is 14.2. The number of hydrogen-bond donors (Lipinski definition) is 1. The van der Waals surface area contributed by atoms with Crippen LogP contribution in [-0.2, 0) is 21.7 Å². The van der Waals surface area contributed by atoms with Crippen LogP contribution in [0.5, 0.6) is 0 Å². The quantitative estimate of drug-likeness (QED) is 0.389. The van der Waals surface area contributed by atoms with Gasteiger partial charge in [-0.25, -0.2) is 0 Å². The predicted octanol–water partition coefficient (Wildman–Crippen LogP) is 4.23. The van der Waals surface area contributed by atoms with Gasteiger partial charge in [-0.3, -0.25) is 9.59 Å². The molecule has 0 fully saturated rings. The molecule has 2 rings (SSSR count). The second kappa shape index (κ2) is 8.74. The topological polar surface area (TPSA) is 68.5 Å². The minimum Gasteiger partial charge on any atom is -0.457 e. The maximum absolute atomic E-state index is 13.4. The highest BCUT2D eigenvalue weighted by Gasteiger charge is 2.56. The largest absolute Gasteiger partial charge is 0.457 e. The van der Waals surface area contributed by atoms with Gasteiger partial charge in [-0.05, 0) is 25.5 Å². The number of ether oxygens (including phenoxy) is 1. The molecule has 0 saturated carbocycles. The lowest BCUT2D eigenvalue weighted by atomic mass is 9.90. The van der Waals surface area contributed by atoms with Crippen molar-refractivity contribution in [3.8, 4) is 0 Å². The van der Waals surface area contributed by atoms with Gasteiger partial charge in [0.25, 0.3) is 0 Å². The second-order valence-electron chi connectivity index (χ2n) is 6.97. The van der Waals surface area contributed by atoms with Crippen molar-refractivity contribution in [1.82, 2.24) is 4.57 Å². The first-order valence-corrected chi connectivity index (χ1v) is 8.92. The number of alkyl halides is 6. The highest BCUT2D eigenvalue weighted by atomic mass is 19.4.